The first kappa shape index (κ1) is 25.4. The van der Waals surface area contributed by atoms with E-state index >= 15 is 0 Å². The maximum atomic E-state index is 14.0. The van der Waals surface area contributed by atoms with Gasteiger partial charge in [-0.3, -0.25) is 14.6 Å². The van der Waals surface area contributed by atoms with Crippen molar-refractivity contribution in [1.82, 2.24) is 14.2 Å². The molecule has 2 atom stereocenters. The molecule has 2 aromatic carbocycles. The number of likely N-dealkylation sites (tertiary alicyclic amines) is 1. The standard InChI is InChI=1S/C27H26ClN3O5S/c28-21-10-8-20(9-11-21)24-13-12-22(18-29-24)37(35,36)31(16-15-30-14-4-7-25(30)32)27(26(33)34)17-23(27)19-5-2-1-3-6-19/h1-3,5-6,8-13,18,23H,4,7,14-17H2,(H,33,34)/t23-,27+/m0/s1. The first-order chi connectivity index (χ1) is 17.7. The van der Waals surface area contributed by atoms with E-state index in [2.05, 4.69) is 4.98 Å². The molecule has 1 amide bonds. The molecule has 2 heterocycles. The molecule has 1 aliphatic carbocycles. The van der Waals surface area contributed by atoms with Gasteiger partial charge in [-0.25, -0.2) is 8.42 Å². The minimum Gasteiger partial charge on any atom is -0.480 e. The van der Waals surface area contributed by atoms with Crippen LogP contribution in [0.15, 0.2) is 77.8 Å². The number of aliphatic carboxylic acids is 1. The van der Waals surface area contributed by atoms with Gasteiger partial charge in [0.2, 0.25) is 15.9 Å². The number of sulfonamides is 1. The van der Waals surface area contributed by atoms with Crippen LogP contribution in [0.25, 0.3) is 11.3 Å². The molecule has 37 heavy (non-hydrogen) atoms. The average molecular weight is 540 g/mol. The van der Waals surface area contributed by atoms with Gasteiger partial charge in [-0.2, -0.15) is 4.31 Å². The van der Waals surface area contributed by atoms with Gasteiger partial charge in [0.05, 0.1) is 5.69 Å². The van der Waals surface area contributed by atoms with Crippen molar-refractivity contribution in [2.45, 2.75) is 35.6 Å². The zero-order valence-corrected chi connectivity index (χ0v) is 21.5. The Labute approximate surface area is 220 Å². The van der Waals surface area contributed by atoms with Gasteiger partial charge in [0.15, 0.2) is 0 Å². The molecule has 2 fully saturated rings. The Morgan fingerprint density at radius 1 is 1.11 bits per heavy atom. The summed E-state index contributed by atoms with van der Waals surface area (Å²) in [6.07, 6.45) is 2.52. The van der Waals surface area contributed by atoms with E-state index in [1.165, 1.54) is 12.3 Å². The molecule has 0 bridgehead atoms. The highest BCUT2D eigenvalue weighted by atomic mass is 35.5. The molecule has 8 nitrogen and oxygen atoms in total. The van der Waals surface area contributed by atoms with Crippen LogP contribution in [0.2, 0.25) is 5.02 Å². The maximum Gasteiger partial charge on any atom is 0.325 e. The molecule has 1 N–H and O–H groups in total. The summed E-state index contributed by atoms with van der Waals surface area (Å²) in [7, 11) is -4.27. The third-order valence-electron chi connectivity index (χ3n) is 7.16. The van der Waals surface area contributed by atoms with Gasteiger partial charge in [-0.05, 0) is 42.7 Å². The number of carboxylic acids is 1. The first-order valence-electron chi connectivity index (χ1n) is 12.0. The third kappa shape index (κ3) is 4.74. The molecule has 1 aliphatic heterocycles. The molecule has 1 aromatic heterocycles. The quantitative estimate of drug-likeness (QED) is 0.440. The van der Waals surface area contributed by atoms with Crippen LogP contribution in [0, 0.1) is 0 Å². The summed E-state index contributed by atoms with van der Waals surface area (Å²) >= 11 is 5.96. The average Bonchev–Trinajstić information content (AvgIpc) is 3.53. The number of benzene rings is 2. The monoisotopic (exact) mass is 539 g/mol. The van der Waals surface area contributed by atoms with E-state index in [4.69, 9.17) is 11.6 Å². The van der Waals surface area contributed by atoms with Gasteiger partial charge < -0.3 is 10.0 Å². The molecular weight excluding hydrogens is 514 g/mol. The van der Waals surface area contributed by atoms with Gasteiger partial charge in [-0.1, -0.05) is 54.1 Å². The number of pyridine rings is 1. The van der Waals surface area contributed by atoms with E-state index in [9.17, 15) is 23.1 Å². The van der Waals surface area contributed by atoms with Crippen molar-refractivity contribution in [3.8, 4) is 11.3 Å². The Morgan fingerprint density at radius 3 is 2.43 bits per heavy atom. The molecule has 3 aromatic rings. The van der Waals surface area contributed by atoms with Crippen LogP contribution in [0.5, 0.6) is 0 Å². The van der Waals surface area contributed by atoms with Crippen LogP contribution in [0.4, 0.5) is 0 Å². The summed E-state index contributed by atoms with van der Waals surface area (Å²) in [6, 6.07) is 19.1. The van der Waals surface area contributed by atoms with Crippen LogP contribution >= 0.6 is 11.6 Å². The van der Waals surface area contributed by atoms with Crippen LogP contribution in [0.3, 0.4) is 0 Å². The van der Waals surface area contributed by atoms with Crippen LogP contribution in [-0.4, -0.2) is 64.8 Å². The zero-order valence-electron chi connectivity index (χ0n) is 20.0. The van der Waals surface area contributed by atoms with Crippen molar-refractivity contribution in [3.05, 3.63) is 83.5 Å². The Morgan fingerprint density at radius 2 is 1.84 bits per heavy atom. The SMILES string of the molecule is O=C1CCCN1CCN([C@]1(C(=O)O)C[C@H]1c1ccccc1)S(=O)(=O)c1ccc(-c2ccc(Cl)cc2)nc1. The van der Waals surface area contributed by atoms with Crippen molar-refractivity contribution >= 4 is 33.5 Å². The summed E-state index contributed by atoms with van der Waals surface area (Å²) in [5.41, 5.74) is 0.452. The molecule has 0 spiro atoms. The van der Waals surface area contributed by atoms with Crippen molar-refractivity contribution in [2.75, 3.05) is 19.6 Å². The largest absolute Gasteiger partial charge is 0.480 e. The van der Waals surface area contributed by atoms with E-state index in [1.807, 2.05) is 18.2 Å². The number of aromatic nitrogens is 1. The molecule has 0 radical (unpaired) electrons. The number of carbonyl (C=O) groups excluding carboxylic acids is 1. The number of rotatable bonds is 9. The number of carboxylic acid groups (broad SMARTS) is 1. The molecule has 0 unspecified atom stereocenters. The Balaban J connectivity index is 1.50. The number of nitrogens with zero attached hydrogens (tertiary/aromatic N) is 3. The lowest BCUT2D eigenvalue weighted by Crippen LogP contribution is -2.51. The van der Waals surface area contributed by atoms with Crippen LogP contribution < -0.4 is 0 Å². The van der Waals surface area contributed by atoms with Gasteiger partial charge in [0.1, 0.15) is 10.4 Å². The highest BCUT2D eigenvalue weighted by molar-refractivity contribution is 7.89. The van der Waals surface area contributed by atoms with Gasteiger partial charge in [-0.15, -0.1) is 0 Å². The van der Waals surface area contributed by atoms with E-state index in [0.717, 1.165) is 15.4 Å². The van der Waals surface area contributed by atoms with E-state index in [1.54, 1.807) is 47.4 Å². The predicted octanol–water partition coefficient (Wildman–Crippen LogP) is 4.03. The smallest absolute Gasteiger partial charge is 0.325 e. The van der Waals surface area contributed by atoms with E-state index in [-0.39, 0.29) is 30.3 Å². The molecule has 1 saturated heterocycles. The summed E-state index contributed by atoms with van der Waals surface area (Å²) in [6.45, 7) is 0.541. The van der Waals surface area contributed by atoms with Gasteiger partial charge in [0.25, 0.3) is 0 Å². The molecular formula is C27H26ClN3O5S. The lowest BCUT2D eigenvalue weighted by molar-refractivity contribution is -0.143. The van der Waals surface area contributed by atoms with E-state index in [0.29, 0.717) is 30.1 Å². The molecule has 10 heteroatoms. The zero-order chi connectivity index (χ0) is 26.2. The Hall–Kier alpha value is -3.27. The van der Waals surface area contributed by atoms with E-state index < -0.39 is 27.4 Å². The number of hydrogen-bond acceptors (Lipinski definition) is 5. The molecule has 5 rings (SSSR count). The number of amides is 1. The second-order valence-electron chi connectivity index (χ2n) is 9.34. The second-order valence-corrected chi connectivity index (χ2v) is 11.6. The predicted molar refractivity (Wildman–Crippen MR) is 139 cm³/mol. The second kappa shape index (κ2) is 9.89. The van der Waals surface area contributed by atoms with Crippen molar-refractivity contribution < 1.29 is 23.1 Å². The van der Waals surface area contributed by atoms with Gasteiger partial charge >= 0.3 is 5.97 Å². The summed E-state index contributed by atoms with van der Waals surface area (Å²) in [5.74, 6) is -1.76. The topological polar surface area (TPSA) is 108 Å². The lowest BCUT2D eigenvalue weighted by Gasteiger charge is -2.31. The Kier molecular flexibility index (Phi) is 6.78. The summed E-state index contributed by atoms with van der Waals surface area (Å²) < 4.78 is 29.0. The number of hydrogen-bond donors (Lipinski definition) is 1. The highest BCUT2D eigenvalue weighted by Gasteiger charge is 2.67. The fourth-order valence-corrected chi connectivity index (χ4v) is 6.92. The number of halogens is 1. The number of carbonyl (C=O) groups is 2. The summed E-state index contributed by atoms with van der Waals surface area (Å²) in [4.78, 5) is 30.7. The van der Waals surface area contributed by atoms with Crippen molar-refractivity contribution in [1.29, 1.82) is 0 Å². The van der Waals surface area contributed by atoms with Crippen LogP contribution in [0.1, 0.15) is 30.7 Å². The minimum absolute atomic E-state index is 0.0499. The van der Waals surface area contributed by atoms with Crippen LogP contribution in [-0.2, 0) is 19.6 Å². The van der Waals surface area contributed by atoms with Crippen molar-refractivity contribution in [2.24, 2.45) is 0 Å². The van der Waals surface area contributed by atoms with Gasteiger partial charge in [0, 0.05) is 48.8 Å². The fourth-order valence-electron chi connectivity index (χ4n) is 5.09. The molecule has 192 valence electrons. The first-order valence-corrected chi connectivity index (χ1v) is 13.9. The highest BCUT2D eigenvalue weighted by Crippen LogP contribution is 2.57. The molecule has 2 aliphatic rings. The summed E-state index contributed by atoms with van der Waals surface area (Å²) in [5, 5.41) is 10.9. The lowest BCUT2D eigenvalue weighted by atomic mass is 10.1. The fraction of sp³-hybridized carbons (Fsp3) is 0.296. The minimum atomic E-state index is -4.27. The van der Waals surface area contributed by atoms with Crippen molar-refractivity contribution in [3.63, 3.8) is 0 Å². The molecule has 1 saturated carbocycles. The normalized spacial score (nSPS) is 21.4. The maximum absolute atomic E-state index is 14.0. The third-order valence-corrected chi connectivity index (χ3v) is 9.34. The Bertz CT molecular complexity index is 1410.